The number of carbonyl (C=O) groups excluding carboxylic acids is 1. The van der Waals surface area contributed by atoms with Crippen LogP contribution in [0.15, 0.2) is 36.5 Å². The lowest BCUT2D eigenvalue weighted by Crippen LogP contribution is -2.50. The van der Waals surface area contributed by atoms with Crippen molar-refractivity contribution in [2.24, 2.45) is 0 Å². The van der Waals surface area contributed by atoms with Crippen LogP contribution in [0.2, 0.25) is 0 Å². The molecule has 0 spiro atoms. The number of pyridine rings is 1. The van der Waals surface area contributed by atoms with Crippen LogP contribution in [0.25, 0.3) is 0 Å². The van der Waals surface area contributed by atoms with E-state index in [0.717, 1.165) is 18.3 Å². The maximum Gasteiger partial charge on any atom is 0.423 e. The summed E-state index contributed by atoms with van der Waals surface area (Å²) in [7, 11) is 0. The Morgan fingerprint density at radius 2 is 1.79 bits per heavy atom. The first-order chi connectivity index (χ1) is 18.5. The number of ether oxygens (including phenoxy) is 1. The van der Waals surface area contributed by atoms with Gasteiger partial charge in [-0.1, -0.05) is 0 Å². The van der Waals surface area contributed by atoms with Crippen LogP contribution < -0.4 is 10.2 Å². The van der Waals surface area contributed by atoms with E-state index in [1.807, 2.05) is 4.90 Å². The van der Waals surface area contributed by atoms with Crippen LogP contribution in [0.3, 0.4) is 0 Å². The first-order valence-electron chi connectivity index (χ1n) is 12.5. The van der Waals surface area contributed by atoms with Gasteiger partial charge in [0.2, 0.25) is 5.91 Å². The molecular weight excluding hydrogens is 529 g/mol. The molecule has 4 rings (SSSR count). The van der Waals surface area contributed by atoms with Crippen LogP contribution in [-0.2, 0) is 15.7 Å². The quantitative estimate of drug-likeness (QED) is 0.276. The molecule has 2 heterocycles. The molecule has 14 heteroatoms. The molecule has 1 aromatic carbocycles. The Bertz CT molecular complexity index is 1150. The highest BCUT2D eigenvalue weighted by Gasteiger charge is 2.38. The van der Waals surface area contributed by atoms with Crippen molar-refractivity contribution in [3.63, 3.8) is 0 Å². The van der Waals surface area contributed by atoms with E-state index >= 15 is 0 Å². The fraction of sp³-hybridized carbons (Fsp3) is 0.520. The van der Waals surface area contributed by atoms with Crippen molar-refractivity contribution in [3.8, 4) is 0 Å². The normalized spacial score (nSPS) is 20.3. The standard InChI is InChI=1S/C25H28F5N5O4/c26-24(27)16-1-8-22(31-14-16)33-9-11-34(12-10-33)23(36)15-39-19-5-2-17(3-6-19)32-18-4-7-21(35(37)38)20(13-18)25(28,29)30/h1,4,7-8,13-14,17,19,24,32H,2-3,5-6,9-12,15H2. The SMILES string of the molecule is O=C(COC1CCC(Nc2ccc([N+](=O)[O-])c(C(F)(F)F)c2)CC1)N1CCN(c2ccc(C(F)F)cn2)CC1. The van der Waals surface area contributed by atoms with Gasteiger partial charge >= 0.3 is 6.18 Å². The zero-order valence-electron chi connectivity index (χ0n) is 20.9. The molecule has 1 aliphatic heterocycles. The predicted molar refractivity (Wildman–Crippen MR) is 132 cm³/mol. The van der Waals surface area contributed by atoms with E-state index in [1.54, 1.807) is 11.0 Å². The Kier molecular flexibility index (Phi) is 8.83. The molecular formula is C25H28F5N5O4. The van der Waals surface area contributed by atoms with Gasteiger partial charge in [0.15, 0.2) is 0 Å². The summed E-state index contributed by atoms with van der Waals surface area (Å²) in [5, 5.41) is 14.0. The summed E-state index contributed by atoms with van der Waals surface area (Å²) in [5.74, 6) is 0.429. The van der Waals surface area contributed by atoms with E-state index in [-0.39, 0.29) is 35.9 Å². The molecule has 0 radical (unpaired) electrons. The van der Waals surface area contributed by atoms with Crippen LogP contribution in [0, 0.1) is 10.1 Å². The van der Waals surface area contributed by atoms with Gasteiger partial charge in [0, 0.05) is 55.7 Å². The van der Waals surface area contributed by atoms with E-state index in [4.69, 9.17) is 4.74 Å². The summed E-state index contributed by atoms with van der Waals surface area (Å²) in [5.41, 5.74) is -2.27. The number of nitro benzene ring substituents is 1. The fourth-order valence-electron chi connectivity index (χ4n) is 4.80. The molecule has 1 amide bonds. The summed E-state index contributed by atoms with van der Waals surface area (Å²) in [6.07, 6.45) is -4.00. The number of alkyl halides is 5. The number of carbonyl (C=O) groups is 1. The minimum Gasteiger partial charge on any atom is -0.382 e. The van der Waals surface area contributed by atoms with Gasteiger partial charge < -0.3 is 19.9 Å². The maximum atomic E-state index is 13.2. The minimum atomic E-state index is -4.84. The second-order valence-electron chi connectivity index (χ2n) is 9.53. The van der Waals surface area contributed by atoms with Crippen molar-refractivity contribution in [1.29, 1.82) is 0 Å². The molecule has 2 fully saturated rings. The van der Waals surface area contributed by atoms with Gasteiger partial charge in [0.25, 0.3) is 12.1 Å². The first kappa shape index (κ1) is 28.5. The van der Waals surface area contributed by atoms with Gasteiger partial charge in [-0.2, -0.15) is 13.2 Å². The summed E-state index contributed by atoms with van der Waals surface area (Å²) >= 11 is 0. The monoisotopic (exact) mass is 557 g/mol. The van der Waals surface area contributed by atoms with Gasteiger partial charge in [-0.25, -0.2) is 13.8 Å². The largest absolute Gasteiger partial charge is 0.423 e. The number of nitro groups is 1. The number of halogens is 5. The first-order valence-corrected chi connectivity index (χ1v) is 12.5. The van der Waals surface area contributed by atoms with Crippen molar-refractivity contribution >= 4 is 23.1 Å². The number of nitrogens with zero attached hydrogens (tertiary/aromatic N) is 4. The molecule has 1 saturated heterocycles. The number of benzene rings is 1. The van der Waals surface area contributed by atoms with Crippen LogP contribution in [0.4, 0.5) is 39.1 Å². The van der Waals surface area contributed by atoms with Crippen LogP contribution in [0.5, 0.6) is 0 Å². The average molecular weight is 558 g/mol. The third kappa shape index (κ3) is 7.31. The van der Waals surface area contributed by atoms with E-state index in [9.17, 15) is 36.9 Å². The molecule has 2 aliphatic rings. The lowest BCUT2D eigenvalue weighted by molar-refractivity contribution is -0.388. The van der Waals surface area contributed by atoms with E-state index in [1.165, 1.54) is 12.1 Å². The number of rotatable bonds is 8. The maximum absolute atomic E-state index is 13.2. The molecule has 1 N–H and O–H groups in total. The number of hydrogen-bond acceptors (Lipinski definition) is 7. The Labute approximate surface area is 221 Å². The van der Waals surface area contributed by atoms with Crippen molar-refractivity contribution in [3.05, 3.63) is 57.8 Å². The van der Waals surface area contributed by atoms with Crippen LogP contribution in [-0.4, -0.2) is 65.6 Å². The van der Waals surface area contributed by atoms with Gasteiger partial charge in [0.1, 0.15) is 18.0 Å². The van der Waals surface area contributed by atoms with Crippen molar-refractivity contribution in [1.82, 2.24) is 9.88 Å². The summed E-state index contributed by atoms with van der Waals surface area (Å²) in [4.78, 5) is 30.2. The van der Waals surface area contributed by atoms with Gasteiger partial charge in [-0.3, -0.25) is 14.9 Å². The smallest absolute Gasteiger partial charge is 0.382 e. The highest BCUT2D eigenvalue weighted by atomic mass is 19.4. The number of piperazine rings is 1. The topological polar surface area (TPSA) is 101 Å². The minimum absolute atomic E-state index is 0.0820. The third-order valence-corrected chi connectivity index (χ3v) is 6.97. The molecule has 0 bridgehead atoms. The Balaban J connectivity index is 1.19. The Morgan fingerprint density at radius 3 is 2.36 bits per heavy atom. The van der Waals surface area contributed by atoms with Gasteiger partial charge in [-0.05, 0) is 49.9 Å². The lowest BCUT2D eigenvalue weighted by atomic mass is 9.92. The molecule has 9 nitrogen and oxygen atoms in total. The second-order valence-corrected chi connectivity index (χ2v) is 9.53. The predicted octanol–water partition coefficient (Wildman–Crippen LogP) is 5.03. The number of anilines is 2. The zero-order chi connectivity index (χ0) is 28.2. The van der Waals surface area contributed by atoms with Gasteiger partial charge in [0.05, 0.1) is 11.0 Å². The third-order valence-electron chi connectivity index (χ3n) is 6.97. The molecule has 1 saturated carbocycles. The number of aromatic nitrogens is 1. The Morgan fingerprint density at radius 1 is 1.10 bits per heavy atom. The number of hydrogen-bond donors (Lipinski definition) is 1. The van der Waals surface area contributed by atoms with E-state index in [0.29, 0.717) is 57.7 Å². The fourth-order valence-corrected chi connectivity index (χ4v) is 4.80. The van der Waals surface area contributed by atoms with Crippen molar-refractivity contribution in [2.45, 2.75) is 50.4 Å². The summed E-state index contributed by atoms with van der Waals surface area (Å²) < 4.78 is 70.9. The molecule has 0 unspecified atom stereocenters. The zero-order valence-corrected chi connectivity index (χ0v) is 20.9. The average Bonchev–Trinajstić information content (AvgIpc) is 2.92. The molecule has 2 aromatic rings. The molecule has 1 aromatic heterocycles. The van der Waals surface area contributed by atoms with Crippen LogP contribution in [0.1, 0.15) is 43.2 Å². The molecule has 0 atom stereocenters. The van der Waals surface area contributed by atoms with Crippen molar-refractivity contribution in [2.75, 3.05) is 43.0 Å². The van der Waals surface area contributed by atoms with E-state index < -0.39 is 28.8 Å². The van der Waals surface area contributed by atoms with E-state index in [2.05, 4.69) is 10.3 Å². The molecule has 39 heavy (non-hydrogen) atoms. The summed E-state index contributed by atoms with van der Waals surface area (Å²) in [6.45, 7) is 1.85. The molecule has 212 valence electrons. The Hall–Kier alpha value is -3.55. The highest BCUT2D eigenvalue weighted by Crippen LogP contribution is 2.38. The summed E-state index contributed by atoms with van der Waals surface area (Å²) in [6, 6.07) is 5.64. The number of nitrogens with one attached hydrogen (secondary N) is 1. The number of amides is 1. The van der Waals surface area contributed by atoms with Crippen molar-refractivity contribution < 1.29 is 36.4 Å². The van der Waals surface area contributed by atoms with Gasteiger partial charge in [-0.15, -0.1) is 0 Å². The lowest BCUT2D eigenvalue weighted by Gasteiger charge is -2.36. The molecule has 1 aliphatic carbocycles. The second kappa shape index (κ2) is 12.1. The van der Waals surface area contributed by atoms with Crippen LogP contribution >= 0.6 is 0 Å². The highest BCUT2D eigenvalue weighted by molar-refractivity contribution is 5.77.